The quantitative estimate of drug-likeness (QED) is 0.232. The SMILES string of the molecule is C=CC(=O)OCc1ccc(-c2ccc(/C(=N/C)C(F)(F)C(F)(F)C(F)(F)F)cc2)cc1. The van der Waals surface area contributed by atoms with Gasteiger partial charge in [-0.25, -0.2) is 4.79 Å². The van der Waals surface area contributed by atoms with E-state index >= 15 is 0 Å². The lowest BCUT2D eigenvalue weighted by Crippen LogP contribution is -2.56. The maximum Gasteiger partial charge on any atom is 0.460 e. The van der Waals surface area contributed by atoms with Crippen LogP contribution in [-0.4, -0.2) is 36.8 Å². The molecule has 2 aromatic carbocycles. The third kappa shape index (κ3) is 4.95. The van der Waals surface area contributed by atoms with Gasteiger partial charge in [-0.2, -0.15) is 30.7 Å². The van der Waals surface area contributed by atoms with Gasteiger partial charge in [-0.15, -0.1) is 0 Å². The Kier molecular flexibility index (Phi) is 6.93. The van der Waals surface area contributed by atoms with Crippen LogP contribution in [0.3, 0.4) is 0 Å². The molecule has 0 unspecified atom stereocenters. The molecule has 0 aliphatic heterocycles. The maximum absolute atomic E-state index is 14.0. The molecule has 0 radical (unpaired) electrons. The van der Waals surface area contributed by atoms with Crippen molar-refractivity contribution in [2.75, 3.05) is 7.05 Å². The molecule has 166 valence electrons. The Hall–Kier alpha value is -3.17. The largest absolute Gasteiger partial charge is 0.460 e. The molecule has 0 heterocycles. The molecule has 0 atom stereocenters. The van der Waals surface area contributed by atoms with Gasteiger partial charge >= 0.3 is 24.0 Å². The molecule has 0 bridgehead atoms. The van der Waals surface area contributed by atoms with Crippen molar-refractivity contribution < 1.29 is 40.3 Å². The number of carbonyl (C=O) groups excluding carboxylic acids is 1. The fourth-order valence-corrected chi connectivity index (χ4v) is 2.60. The molecule has 0 aliphatic rings. The van der Waals surface area contributed by atoms with Gasteiger partial charge in [-0.1, -0.05) is 55.1 Å². The number of rotatable bonds is 7. The lowest BCUT2D eigenvalue weighted by Gasteiger charge is -2.29. The van der Waals surface area contributed by atoms with Gasteiger partial charge in [0.1, 0.15) is 12.3 Å². The number of hydrogen-bond donors (Lipinski definition) is 0. The summed E-state index contributed by atoms with van der Waals surface area (Å²) < 4.78 is 97.0. The molecule has 0 N–H and O–H groups in total. The molecular weight excluding hydrogens is 431 g/mol. The smallest absolute Gasteiger partial charge is 0.458 e. The van der Waals surface area contributed by atoms with Gasteiger partial charge in [0.15, 0.2) is 0 Å². The van der Waals surface area contributed by atoms with Crippen molar-refractivity contribution >= 4 is 11.7 Å². The molecule has 0 spiro atoms. The fraction of sp³-hybridized carbons (Fsp3) is 0.238. The van der Waals surface area contributed by atoms with Gasteiger partial charge in [0.25, 0.3) is 0 Å². The molecule has 10 heteroatoms. The Bertz CT molecular complexity index is 963. The van der Waals surface area contributed by atoms with Crippen molar-refractivity contribution in [3.05, 3.63) is 72.3 Å². The summed E-state index contributed by atoms with van der Waals surface area (Å²) in [5.41, 5.74) is -0.508. The first kappa shape index (κ1) is 24.1. The van der Waals surface area contributed by atoms with E-state index in [1.807, 2.05) is 0 Å². The summed E-state index contributed by atoms with van der Waals surface area (Å²) >= 11 is 0. The van der Waals surface area contributed by atoms with Crippen LogP contribution < -0.4 is 0 Å². The number of aliphatic imine (C=N–C) groups is 1. The summed E-state index contributed by atoms with van der Waals surface area (Å²) in [4.78, 5) is 14.1. The summed E-state index contributed by atoms with van der Waals surface area (Å²) in [5, 5.41) is 0. The minimum atomic E-state index is -6.45. The van der Waals surface area contributed by atoms with Crippen LogP contribution in [-0.2, 0) is 16.1 Å². The van der Waals surface area contributed by atoms with E-state index < -0.39 is 35.3 Å². The number of nitrogens with zero attached hydrogens (tertiary/aromatic N) is 1. The molecule has 0 saturated heterocycles. The highest BCUT2D eigenvalue weighted by Crippen LogP contribution is 2.48. The van der Waals surface area contributed by atoms with Gasteiger partial charge in [0, 0.05) is 18.7 Å². The fourth-order valence-electron chi connectivity index (χ4n) is 2.60. The molecule has 3 nitrogen and oxygen atoms in total. The van der Waals surface area contributed by atoms with E-state index in [2.05, 4.69) is 11.6 Å². The zero-order chi connectivity index (χ0) is 23.4. The van der Waals surface area contributed by atoms with Crippen molar-refractivity contribution in [1.29, 1.82) is 0 Å². The van der Waals surface area contributed by atoms with E-state index in [1.54, 1.807) is 24.3 Å². The molecule has 0 saturated carbocycles. The molecule has 2 rings (SSSR count). The van der Waals surface area contributed by atoms with Crippen LogP contribution in [0.4, 0.5) is 30.7 Å². The Labute approximate surface area is 172 Å². The normalized spacial score (nSPS) is 13.1. The summed E-state index contributed by atoms with van der Waals surface area (Å²) in [5.74, 6) is -12.5. The number of ether oxygens (including phenoxy) is 1. The summed E-state index contributed by atoms with van der Waals surface area (Å²) in [6, 6.07) is 11.1. The standard InChI is InChI=1S/C21H16F7NO2/c1-3-17(30)31-12-13-4-6-14(7-5-13)15-8-10-16(11-9-15)18(29-2)19(22,23)20(24,25)21(26,27)28/h3-11H,1,12H2,2H3/b29-18-. The Morgan fingerprint density at radius 1 is 0.935 bits per heavy atom. The second kappa shape index (κ2) is 8.91. The minimum Gasteiger partial charge on any atom is -0.458 e. The van der Waals surface area contributed by atoms with Gasteiger partial charge in [-0.3, -0.25) is 4.99 Å². The molecule has 0 fully saturated rings. The average molecular weight is 447 g/mol. The minimum absolute atomic E-state index is 0.00287. The number of carbonyl (C=O) groups is 1. The Balaban J connectivity index is 2.26. The maximum atomic E-state index is 14.0. The molecule has 31 heavy (non-hydrogen) atoms. The zero-order valence-corrected chi connectivity index (χ0v) is 16.0. The number of benzene rings is 2. The van der Waals surface area contributed by atoms with Gasteiger partial charge < -0.3 is 4.74 Å². The molecular formula is C21H16F7NO2. The highest BCUT2D eigenvalue weighted by atomic mass is 19.4. The van der Waals surface area contributed by atoms with Crippen molar-refractivity contribution in [3.63, 3.8) is 0 Å². The van der Waals surface area contributed by atoms with Crippen LogP contribution in [0.1, 0.15) is 11.1 Å². The van der Waals surface area contributed by atoms with Gasteiger partial charge in [0.05, 0.1) is 0 Å². The highest BCUT2D eigenvalue weighted by Gasteiger charge is 2.74. The third-order valence-corrected chi connectivity index (χ3v) is 4.26. The van der Waals surface area contributed by atoms with E-state index in [4.69, 9.17) is 4.74 Å². The third-order valence-electron chi connectivity index (χ3n) is 4.26. The van der Waals surface area contributed by atoms with Crippen LogP contribution in [0.2, 0.25) is 0 Å². The molecule has 0 aliphatic carbocycles. The zero-order valence-electron chi connectivity index (χ0n) is 16.0. The van der Waals surface area contributed by atoms with Crippen LogP contribution in [0.5, 0.6) is 0 Å². The first-order chi connectivity index (χ1) is 14.3. The topological polar surface area (TPSA) is 38.7 Å². The number of halogens is 7. The van der Waals surface area contributed by atoms with Crippen molar-refractivity contribution in [1.82, 2.24) is 0 Å². The molecule has 2 aromatic rings. The lowest BCUT2D eigenvalue weighted by atomic mass is 9.96. The predicted molar refractivity (Wildman–Crippen MR) is 100 cm³/mol. The van der Waals surface area contributed by atoms with Crippen LogP contribution >= 0.6 is 0 Å². The van der Waals surface area contributed by atoms with Crippen molar-refractivity contribution in [3.8, 4) is 11.1 Å². The van der Waals surface area contributed by atoms with Crippen molar-refractivity contribution in [2.24, 2.45) is 4.99 Å². The van der Waals surface area contributed by atoms with E-state index in [0.717, 1.165) is 18.2 Å². The van der Waals surface area contributed by atoms with Gasteiger partial charge in [-0.05, 0) is 16.7 Å². The number of esters is 1. The first-order valence-corrected chi connectivity index (χ1v) is 8.63. The monoisotopic (exact) mass is 447 g/mol. The van der Waals surface area contributed by atoms with E-state index in [9.17, 15) is 35.5 Å². The average Bonchev–Trinajstić information content (AvgIpc) is 2.72. The van der Waals surface area contributed by atoms with E-state index in [-0.39, 0.29) is 6.61 Å². The summed E-state index contributed by atoms with van der Waals surface area (Å²) in [6.45, 7) is 3.27. The Morgan fingerprint density at radius 2 is 1.42 bits per heavy atom. The highest BCUT2D eigenvalue weighted by molar-refractivity contribution is 6.06. The second-order valence-corrected chi connectivity index (χ2v) is 6.30. The van der Waals surface area contributed by atoms with Crippen LogP contribution in [0, 0.1) is 0 Å². The summed E-state index contributed by atoms with van der Waals surface area (Å²) in [6.07, 6.45) is -5.44. The Morgan fingerprint density at radius 3 is 1.84 bits per heavy atom. The number of alkyl halides is 7. The lowest BCUT2D eigenvalue weighted by molar-refractivity contribution is -0.336. The van der Waals surface area contributed by atoms with E-state index in [0.29, 0.717) is 23.7 Å². The summed E-state index contributed by atoms with van der Waals surface area (Å²) in [7, 11) is 0.710. The predicted octanol–water partition coefficient (Wildman–Crippen LogP) is 5.83. The van der Waals surface area contributed by atoms with E-state index in [1.165, 1.54) is 12.1 Å². The number of hydrogen-bond acceptors (Lipinski definition) is 3. The van der Waals surface area contributed by atoms with Gasteiger partial charge in [0.2, 0.25) is 0 Å². The van der Waals surface area contributed by atoms with Crippen LogP contribution in [0.25, 0.3) is 11.1 Å². The second-order valence-electron chi connectivity index (χ2n) is 6.30. The first-order valence-electron chi connectivity index (χ1n) is 8.63. The molecule has 0 aromatic heterocycles. The van der Waals surface area contributed by atoms with Crippen LogP contribution in [0.15, 0.2) is 66.2 Å². The van der Waals surface area contributed by atoms with Crippen molar-refractivity contribution in [2.45, 2.75) is 24.6 Å². The molecule has 0 amide bonds.